The molecule has 0 saturated carbocycles. The predicted molar refractivity (Wildman–Crippen MR) is 77.6 cm³/mol. The summed E-state index contributed by atoms with van der Waals surface area (Å²) in [5.41, 5.74) is 1.78. The van der Waals surface area contributed by atoms with Crippen LogP contribution in [0, 0.1) is 0 Å². The van der Waals surface area contributed by atoms with Crippen LogP contribution in [0.1, 0.15) is 4.88 Å². The van der Waals surface area contributed by atoms with Crippen molar-refractivity contribution in [1.82, 2.24) is 24.1 Å². The van der Waals surface area contributed by atoms with Gasteiger partial charge < -0.3 is 4.57 Å². The highest BCUT2D eigenvalue weighted by Gasteiger charge is 2.13. The van der Waals surface area contributed by atoms with Crippen molar-refractivity contribution >= 4 is 17.0 Å². The molecule has 4 rings (SSSR count). The molecule has 0 aliphatic heterocycles. The fraction of sp³-hybridized carbons (Fsp3) is 0.0714. The van der Waals surface area contributed by atoms with Gasteiger partial charge in [-0.15, -0.1) is 11.3 Å². The molecule has 0 saturated heterocycles. The van der Waals surface area contributed by atoms with E-state index in [9.17, 15) is 0 Å². The van der Waals surface area contributed by atoms with Crippen molar-refractivity contribution in [2.75, 3.05) is 0 Å². The van der Waals surface area contributed by atoms with E-state index in [-0.39, 0.29) is 0 Å². The normalized spacial score (nSPS) is 11.2. The largest absolute Gasteiger partial charge is 0.326 e. The summed E-state index contributed by atoms with van der Waals surface area (Å²) < 4.78 is 3.89. The molecular weight excluding hydrogens is 270 g/mol. The fourth-order valence-electron chi connectivity index (χ4n) is 2.24. The maximum absolute atomic E-state index is 4.46. The van der Waals surface area contributed by atoms with Gasteiger partial charge in [0.1, 0.15) is 5.82 Å². The predicted octanol–water partition coefficient (Wildman–Crippen LogP) is 2.70. The summed E-state index contributed by atoms with van der Waals surface area (Å²) in [7, 11) is 0. The fourth-order valence-corrected chi connectivity index (χ4v) is 2.94. The van der Waals surface area contributed by atoms with E-state index < -0.39 is 0 Å². The number of imidazole rings is 1. The molecule has 6 heteroatoms. The molecule has 0 bridgehead atoms. The van der Waals surface area contributed by atoms with Gasteiger partial charge in [0, 0.05) is 29.7 Å². The number of fused-ring (bicyclic) bond motifs is 1. The zero-order chi connectivity index (χ0) is 13.4. The first-order valence-corrected chi connectivity index (χ1v) is 7.12. The second-order valence-corrected chi connectivity index (χ2v) is 5.44. The summed E-state index contributed by atoms with van der Waals surface area (Å²) in [6.45, 7) is 0.817. The molecule has 0 aliphatic carbocycles. The molecule has 0 radical (unpaired) electrons. The van der Waals surface area contributed by atoms with Crippen LogP contribution in [-0.4, -0.2) is 24.1 Å². The topological polar surface area (TPSA) is 48.0 Å². The number of thiophene rings is 1. The number of hydrogen-bond acceptors (Lipinski definition) is 4. The van der Waals surface area contributed by atoms with Crippen molar-refractivity contribution in [3.63, 3.8) is 0 Å². The monoisotopic (exact) mass is 281 g/mol. The van der Waals surface area contributed by atoms with Gasteiger partial charge in [0.2, 0.25) is 0 Å². The number of aromatic nitrogens is 5. The van der Waals surface area contributed by atoms with E-state index >= 15 is 0 Å². The summed E-state index contributed by atoms with van der Waals surface area (Å²) in [4.78, 5) is 10.1. The number of nitrogens with zero attached hydrogens (tertiary/aromatic N) is 5. The molecule has 4 aromatic heterocycles. The van der Waals surface area contributed by atoms with E-state index in [1.54, 1.807) is 22.0 Å². The molecule has 0 spiro atoms. The van der Waals surface area contributed by atoms with E-state index in [1.807, 2.05) is 30.9 Å². The van der Waals surface area contributed by atoms with Gasteiger partial charge in [-0.25, -0.2) is 14.5 Å². The molecule has 98 valence electrons. The summed E-state index contributed by atoms with van der Waals surface area (Å²) >= 11 is 1.75. The Hall–Kier alpha value is -2.47. The number of hydrogen-bond donors (Lipinski definition) is 0. The Kier molecular flexibility index (Phi) is 2.60. The SMILES string of the molecule is c1csc(Cn2ccnc2-c2cnn3cccnc23)c1. The minimum absolute atomic E-state index is 0.817. The second-order valence-electron chi connectivity index (χ2n) is 4.40. The van der Waals surface area contributed by atoms with E-state index in [1.165, 1.54) is 4.88 Å². The lowest BCUT2D eigenvalue weighted by Gasteiger charge is -2.04. The molecule has 0 amide bonds. The molecular formula is C14H11N5S. The first kappa shape index (κ1) is 11.4. The minimum atomic E-state index is 0.817. The van der Waals surface area contributed by atoms with Gasteiger partial charge in [0.05, 0.1) is 18.3 Å². The molecule has 0 atom stereocenters. The summed E-state index contributed by atoms with van der Waals surface area (Å²) in [6.07, 6.45) is 9.28. The molecule has 0 aliphatic rings. The zero-order valence-corrected chi connectivity index (χ0v) is 11.4. The first-order valence-electron chi connectivity index (χ1n) is 6.24. The Morgan fingerprint density at radius 3 is 3.00 bits per heavy atom. The minimum Gasteiger partial charge on any atom is -0.326 e. The van der Waals surface area contributed by atoms with Crippen LogP contribution < -0.4 is 0 Å². The summed E-state index contributed by atoms with van der Waals surface area (Å²) in [5.74, 6) is 0.895. The van der Waals surface area contributed by atoms with Crippen molar-refractivity contribution in [3.8, 4) is 11.4 Å². The van der Waals surface area contributed by atoms with Gasteiger partial charge in [0.25, 0.3) is 0 Å². The summed E-state index contributed by atoms with van der Waals surface area (Å²) in [5, 5.41) is 6.40. The third-order valence-electron chi connectivity index (χ3n) is 3.14. The van der Waals surface area contributed by atoms with E-state index in [2.05, 4.69) is 37.1 Å². The third-order valence-corrected chi connectivity index (χ3v) is 4.00. The molecule has 0 aromatic carbocycles. The quantitative estimate of drug-likeness (QED) is 0.580. The third kappa shape index (κ3) is 1.81. The highest BCUT2D eigenvalue weighted by atomic mass is 32.1. The second kappa shape index (κ2) is 4.57. The lowest BCUT2D eigenvalue weighted by molar-refractivity contribution is 0.820. The van der Waals surface area contributed by atoms with Gasteiger partial charge in [0.15, 0.2) is 5.65 Å². The van der Waals surface area contributed by atoms with Crippen LogP contribution in [0.5, 0.6) is 0 Å². The molecule has 0 fully saturated rings. The Bertz CT molecular complexity index is 843. The summed E-state index contributed by atoms with van der Waals surface area (Å²) in [6, 6.07) is 6.05. The Labute approximate surface area is 119 Å². The standard InChI is InChI=1S/C14H11N5S/c1-3-11(20-8-1)10-18-7-5-16-13(18)12-9-17-19-6-2-4-15-14(12)19/h1-9H,10H2. The number of rotatable bonds is 3. The van der Waals surface area contributed by atoms with Crippen molar-refractivity contribution < 1.29 is 0 Å². The van der Waals surface area contributed by atoms with Crippen LogP contribution in [-0.2, 0) is 6.54 Å². The Morgan fingerprint density at radius 2 is 2.10 bits per heavy atom. The van der Waals surface area contributed by atoms with Crippen molar-refractivity contribution in [3.05, 3.63) is 59.4 Å². The van der Waals surface area contributed by atoms with Crippen LogP contribution >= 0.6 is 11.3 Å². The van der Waals surface area contributed by atoms with Crippen molar-refractivity contribution in [1.29, 1.82) is 0 Å². The van der Waals surface area contributed by atoms with Gasteiger partial charge in [-0.2, -0.15) is 5.10 Å². The molecule has 0 unspecified atom stereocenters. The Balaban J connectivity index is 1.81. The van der Waals surface area contributed by atoms with Gasteiger partial charge in [-0.1, -0.05) is 6.07 Å². The van der Waals surface area contributed by atoms with Crippen LogP contribution in [0.3, 0.4) is 0 Å². The highest BCUT2D eigenvalue weighted by molar-refractivity contribution is 7.09. The lowest BCUT2D eigenvalue weighted by atomic mass is 10.3. The van der Waals surface area contributed by atoms with Crippen molar-refractivity contribution in [2.45, 2.75) is 6.54 Å². The van der Waals surface area contributed by atoms with E-state index in [0.29, 0.717) is 0 Å². The van der Waals surface area contributed by atoms with Gasteiger partial charge in [-0.05, 0) is 17.5 Å². The van der Waals surface area contributed by atoms with Crippen LogP contribution in [0.15, 0.2) is 54.6 Å². The smallest absolute Gasteiger partial charge is 0.165 e. The van der Waals surface area contributed by atoms with Gasteiger partial charge >= 0.3 is 0 Å². The zero-order valence-electron chi connectivity index (χ0n) is 10.5. The highest BCUT2D eigenvalue weighted by Crippen LogP contribution is 2.22. The maximum atomic E-state index is 4.46. The van der Waals surface area contributed by atoms with E-state index in [0.717, 1.165) is 23.6 Å². The average Bonchev–Trinajstić information content (AvgIpc) is 3.19. The molecule has 20 heavy (non-hydrogen) atoms. The van der Waals surface area contributed by atoms with E-state index in [4.69, 9.17) is 0 Å². The molecule has 5 nitrogen and oxygen atoms in total. The average molecular weight is 281 g/mol. The van der Waals surface area contributed by atoms with Crippen LogP contribution in [0.2, 0.25) is 0 Å². The first-order chi connectivity index (χ1) is 9.92. The maximum Gasteiger partial charge on any atom is 0.165 e. The molecule has 4 aromatic rings. The Morgan fingerprint density at radius 1 is 1.10 bits per heavy atom. The van der Waals surface area contributed by atoms with Crippen molar-refractivity contribution in [2.24, 2.45) is 0 Å². The lowest BCUT2D eigenvalue weighted by Crippen LogP contribution is -1.99. The molecule has 0 N–H and O–H groups in total. The molecule has 4 heterocycles. The van der Waals surface area contributed by atoms with Crippen LogP contribution in [0.25, 0.3) is 17.0 Å². The van der Waals surface area contributed by atoms with Crippen LogP contribution in [0.4, 0.5) is 0 Å². The van der Waals surface area contributed by atoms with Gasteiger partial charge in [-0.3, -0.25) is 0 Å².